The highest BCUT2D eigenvalue weighted by Gasteiger charge is 2.15. The lowest BCUT2D eigenvalue weighted by atomic mass is 9.94. The molecule has 0 heterocycles. The van der Waals surface area contributed by atoms with Crippen LogP contribution in [-0.2, 0) is 0 Å². The Balaban J connectivity index is 2.82. The van der Waals surface area contributed by atoms with E-state index >= 15 is 0 Å². The standard InChI is InChI=1S/C12H15FO/c1-3-9(4-2)12(14)10-5-7-11(13)8-6-10/h3,5-9,12,14H,1,4H2,2H3. The molecule has 2 atom stereocenters. The quantitative estimate of drug-likeness (QED) is 0.730. The monoisotopic (exact) mass is 194 g/mol. The fraction of sp³-hybridized carbons (Fsp3) is 0.333. The molecule has 0 aliphatic heterocycles. The maximum Gasteiger partial charge on any atom is 0.123 e. The first-order valence-corrected chi connectivity index (χ1v) is 4.75. The van der Waals surface area contributed by atoms with Crippen molar-refractivity contribution >= 4 is 0 Å². The smallest absolute Gasteiger partial charge is 0.123 e. The minimum Gasteiger partial charge on any atom is -0.388 e. The first-order valence-electron chi connectivity index (χ1n) is 4.75. The average Bonchev–Trinajstić information content (AvgIpc) is 2.20. The van der Waals surface area contributed by atoms with Gasteiger partial charge in [-0.1, -0.05) is 25.1 Å². The third kappa shape index (κ3) is 2.42. The fourth-order valence-corrected chi connectivity index (χ4v) is 1.43. The molecule has 2 unspecified atom stereocenters. The van der Waals surface area contributed by atoms with E-state index in [1.54, 1.807) is 18.2 Å². The number of halogens is 1. The molecule has 0 saturated heterocycles. The molecule has 1 aromatic carbocycles. The Labute approximate surface area is 83.9 Å². The SMILES string of the molecule is C=CC(CC)C(O)c1ccc(F)cc1. The minimum absolute atomic E-state index is 0.0282. The van der Waals surface area contributed by atoms with E-state index in [1.165, 1.54) is 12.1 Å². The van der Waals surface area contributed by atoms with Crippen LogP contribution in [0, 0.1) is 11.7 Å². The third-order valence-electron chi connectivity index (χ3n) is 2.39. The Morgan fingerprint density at radius 3 is 2.43 bits per heavy atom. The minimum atomic E-state index is -0.585. The summed E-state index contributed by atoms with van der Waals surface area (Å²) in [5.41, 5.74) is 0.734. The van der Waals surface area contributed by atoms with Gasteiger partial charge in [0.1, 0.15) is 5.82 Å². The molecule has 14 heavy (non-hydrogen) atoms. The van der Waals surface area contributed by atoms with Crippen LogP contribution >= 0.6 is 0 Å². The highest BCUT2D eigenvalue weighted by atomic mass is 19.1. The van der Waals surface area contributed by atoms with Crippen LogP contribution in [0.15, 0.2) is 36.9 Å². The molecule has 0 spiro atoms. The third-order valence-corrected chi connectivity index (χ3v) is 2.39. The van der Waals surface area contributed by atoms with E-state index in [1.807, 2.05) is 6.92 Å². The van der Waals surface area contributed by atoms with Gasteiger partial charge in [0.05, 0.1) is 6.10 Å². The fourth-order valence-electron chi connectivity index (χ4n) is 1.43. The summed E-state index contributed by atoms with van der Waals surface area (Å²) < 4.78 is 12.6. The van der Waals surface area contributed by atoms with Crippen molar-refractivity contribution < 1.29 is 9.50 Å². The Morgan fingerprint density at radius 2 is 2.00 bits per heavy atom. The van der Waals surface area contributed by atoms with Gasteiger partial charge in [0.15, 0.2) is 0 Å². The van der Waals surface area contributed by atoms with Gasteiger partial charge in [-0.2, -0.15) is 0 Å². The van der Waals surface area contributed by atoms with Crippen LogP contribution in [0.3, 0.4) is 0 Å². The molecule has 0 fully saturated rings. The number of rotatable bonds is 4. The van der Waals surface area contributed by atoms with Crippen molar-refractivity contribution in [2.45, 2.75) is 19.4 Å². The molecule has 76 valence electrons. The number of hydrogen-bond acceptors (Lipinski definition) is 1. The van der Waals surface area contributed by atoms with Crippen molar-refractivity contribution in [2.75, 3.05) is 0 Å². The van der Waals surface area contributed by atoms with Gasteiger partial charge in [0, 0.05) is 5.92 Å². The van der Waals surface area contributed by atoms with Gasteiger partial charge in [0.25, 0.3) is 0 Å². The number of benzene rings is 1. The highest BCUT2D eigenvalue weighted by molar-refractivity contribution is 5.20. The molecule has 0 radical (unpaired) electrons. The Morgan fingerprint density at radius 1 is 1.43 bits per heavy atom. The Kier molecular flexibility index (Phi) is 3.84. The molecule has 0 aliphatic rings. The highest BCUT2D eigenvalue weighted by Crippen LogP contribution is 2.25. The summed E-state index contributed by atoms with van der Waals surface area (Å²) in [6.07, 6.45) is 1.97. The number of hydrogen-bond donors (Lipinski definition) is 1. The van der Waals surface area contributed by atoms with E-state index in [4.69, 9.17) is 0 Å². The van der Waals surface area contributed by atoms with E-state index in [-0.39, 0.29) is 11.7 Å². The van der Waals surface area contributed by atoms with Crippen molar-refractivity contribution in [3.63, 3.8) is 0 Å². The molecule has 1 aromatic rings. The molecule has 0 aliphatic carbocycles. The zero-order valence-corrected chi connectivity index (χ0v) is 8.28. The molecule has 0 saturated carbocycles. The summed E-state index contributed by atoms with van der Waals surface area (Å²) in [6.45, 7) is 5.65. The van der Waals surface area contributed by atoms with Crippen molar-refractivity contribution in [2.24, 2.45) is 5.92 Å². The summed E-state index contributed by atoms with van der Waals surface area (Å²) >= 11 is 0. The van der Waals surface area contributed by atoms with Gasteiger partial charge in [-0.25, -0.2) is 4.39 Å². The van der Waals surface area contributed by atoms with Crippen molar-refractivity contribution in [3.05, 3.63) is 48.3 Å². The number of aliphatic hydroxyl groups excluding tert-OH is 1. The zero-order chi connectivity index (χ0) is 10.6. The van der Waals surface area contributed by atoms with E-state index < -0.39 is 6.10 Å². The summed E-state index contributed by atoms with van der Waals surface area (Å²) in [7, 11) is 0. The van der Waals surface area contributed by atoms with E-state index in [2.05, 4.69) is 6.58 Å². The van der Waals surface area contributed by atoms with Crippen LogP contribution in [0.2, 0.25) is 0 Å². The normalized spacial score (nSPS) is 14.8. The molecule has 2 heteroatoms. The number of aliphatic hydroxyl groups is 1. The maximum absolute atomic E-state index is 12.6. The van der Waals surface area contributed by atoms with Gasteiger partial charge in [-0.15, -0.1) is 6.58 Å². The molecule has 0 amide bonds. The topological polar surface area (TPSA) is 20.2 Å². The molecular formula is C12H15FO. The van der Waals surface area contributed by atoms with E-state index in [0.29, 0.717) is 0 Å². The van der Waals surface area contributed by atoms with Crippen LogP contribution in [0.1, 0.15) is 25.0 Å². The van der Waals surface area contributed by atoms with Gasteiger partial charge in [0.2, 0.25) is 0 Å². The summed E-state index contributed by atoms with van der Waals surface area (Å²) in [5.74, 6) is -0.256. The van der Waals surface area contributed by atoms with Crippen LogP contribution in [-0.4, -0.2) is 5.11 Å². The van der Waals surface area contributed by atoms with Gasteiger partial charge in [-0.05, 0) is 24.1 Å². The second kappa shape index (κ2) is 4.91. The maximum atomic E-state index is 12.6. The summed E-state index contributed by atoms with van der Waals surface area (Å²) in [4.78, 5) is 0. The molecule has 0 bridgehead atoms. The lowest BCUT2D eigenvalue weighted by molar-refractivity contribution is 0.129. The van der Waals surface area contributed by atoms with Gasteiger partial charge < -0.3 is 5.11 Å². The molecular weight excluding hydrogens is 179 g/mol. The second-order valence-electron chi connectivity index (χ2n) is 3.30. The van der Waals surface area contributed by atoms with Crippen LogP contribution in [0.25, 0.3) is 0 Å². The van der Waals surface area contributed by atoms with E-state index in [9.17, 15) is 9.50 Å². The zero-order valence-electron chi connectivity index (χ0n) is 8.28. The molecule has 1 nitrogen and oxygen atoms in total. The lowest BCUT2D eigenvalue weighted by Gasteiger charge is -2.18. The van der Waals surface area contributed by atoms with Crippen molar-refractivity contribution in [3.8, 4) is 0 Å². The van der Waals surface area contributed by atoms with Crippen molar-refractivity contribution in [1.82, 2.24) is 0 Å². The van der Waals surface area contributed by atoms with Crippen LogP contribution < -0.4 is 0 Å². The average molecular weight is 194 g/mol. The van der Waals surface area contributed by atoms with Gasteiger partial charge in [-0.3, -0.25) is 0 Å². The first kappa shape index (κ1) is 10.9. The van der Waals surface area contributed by atoms with Crippen LogP contribution in [0.4, 0.5) is 4.39 Å². The second-order valence-corrected chi connectivity index (χ2v) is 3.30. The first-order chi connectivity index (χ1) is 6.69. The molecule has 1 rings (SSSR count). The Hall–Kier alpha value is -1.15. The van der Waals surface area contributed by atoms with E-state index in [0.717, 1.165) is 12.0 Å². The van der Waals surface area contributed by atoms with Crippen LogP contribution in [0.5, 0.6) is 0 Å². The van der Waals surface area contributed by atoms with Gasteiger partial charge >= 0.3 is 0 Å². The predicted molar refractivity (Wildman–Crippen MR) is 55.3 cm³/mol. The lowest BCUT2D eigenvalue weighted by Crippen LogP contribution is -2.08. The summed E-state index contributed by atoms with van der Waals surface area (Å²) in [6, 6.07) is 5.92. The molecule has 1 N–H and O–H groups in total. The summed E-state index contributed by atoms with van der Waals surface area (Å²) in [5, 5.41) is 9.88. The van der Waals surface area contributed by atoms with Crippen molar-refractivity contribution in [1.29, 1.82) is 0 Å². The largest absolute Gasteiger partial charge is 0.388 e. The predicted octanol–water partition coefficient (Wildman–Crippen LogP) is 3.07. The molecule has 0 aromatic heterocycles. The Bertz CT molecular complexity index is 292.